The molecule has 3 rings (SSSR count). The Kier molecular flexibility index (Phi) is 3.75. The van der Waals surface area contributed by atoms with Crippen molar-refractivity contribution in [2.24, 2.45) is 0 Å². The Morgan fingerprint density at radius 3 is 2.95 bits per heavy atom. The molecule has 1 N–H and O–H groups in total. The summed E-state index contributed by atoms with van der Waals surface area (Å²) in [5.41, 5.74) is 0.916. The zero-order valence-corrected chi connectivity index (χ0v) is 11.4. The van der Waals surface area contributed by atoms with Crippen LogP contribution >= 0.6 is 11.3 Å². The Bertz CT molecular complexity index is 543. The number of thiazole rings is 1. The number of benzene rings is 1. The highest BCUT2D eigenvalue weighted by Crippen LogP contribution is 2.25. The molecule has 1 aromatic heterocycles. The first kappa shape index (κ1) is 12.6. The molecule has 1 heterocycles. The summed E-state index contributed by atoms with van der Waals surface area (Å²) in [6.07, 6.45) is 4.85. The normalized spacial score (nSPS) is 16.0. The summed E-state index contributed by atoms with van der Waals surface area (Å²) in [7, 11) is 0. The van der Waals surface area contributed by atoms with E-state index in [-0.39, 0.29) is 18.6 Å². The van der Waals surface area contributed by atoms with E-state index in [2.05, 4.69) is 10.3 Å². The van der Waals surface area contributed by atoms with Gasteiger partial charge in [-0.3, -0.25) is 10.1 Å². The van der Waals surface area contributed by atoms with Crippen LogP contribution < -0.4 is 5.32 Å². The number of hydrogen-bond donors (Lipinski definition) is 1. The van der Waals surface area contributed by atoms with Gasteiger partial charge in [0.1, 0.15) is 6.61 Å². The summed E-state index contributed by atoms with van der Waals surface area (Å²) in [5, 5.41) is 3.44. The average Bonchev–Trinajstić information content (AvgIpc) is 3.04. The minimum Gasteiger partial charge on any atom is -0.368 e. The Morgan fingerprint density at radius 2 is 2.16 bits per heavy atom. The molecule has 0 saturated heterocycles. The molecule has 0 bridgehead atoms. The molecule has 0 aliphatic heterocycles. The molecular formula is C14H16N2O2S. The largest absolute Gasteiger partial charge is 0.368 e. The van der Waals surface area contributed by atoms with Crippen LogP contribution in [0.1, 0.15) is 25.7 Å². The molecule has 19 heavy (non-hydrogen) atoms. The Morgan fingerprint density at radius 1 is 1.37 bits per heavy atom. The van der Waals surface area contributed by atoms with E-state index >= 15 is 0 Å². The van der Waals surface area contributed by atoms with E-state index in [4.69, 9.17) is 4.74 Å². The number of anilines is 1. The molecule has 0 spiro atoms. The van der Waals surface area contributed by atoms with Gasteiger partial charge < -0.3 is 4.74 Å². The van der Waals surface area contributed by atoms with E-state index in [1.807, 2.05) is 24.3 Å². The van der Waals surface area contributed by atoms with E-state index in [1.54, 1.807) is 0 Å². The van der Waals surface area contributed by atoms with Gasteiger partial charge in [-0.2, -0.15) is 0 Å². The minimum absolute atomic E-state index is 0.119. The number of rotatable bonds is 4. The summed E-state index contributed by atoms with van der Waals surface area (Å²) in [6, 6.07) is 7.85. The maximum atomic E-state index is 11.8. The third-order valence-electron chi connectivity index (χ3n) is 3.29. The van der Waals surface area contributed by atoms with Crippen molar-refractivity contribution in [3.8, 4) is 0 Å². The third-order valence-corrected chi connectivity index (χ3v) is 4.24. The predicted octanol–water partition coefficient (Wildman–Crippen LogP) is 3.19. The first-order valence-corrected chi connectivity index (χ1v) is 7.40. The van der Waals surface area contributed by atoms with Crippen molar-refractivity contribution < 1.29 is 9.53 Å². The molecule has 5 heteroatoms. The topological polar surface area (TPSA) is 51.2 Å². The lowest BCUT2D eigenvalue weighted by atomic mass is 10.3. The van der Waals surface area contributed by atoms with Gasteiger partial charge in [0.15, 0.2) is 5.13 Å². The van der Waals surface area contributed by atoms with Crippen molar-refractivity contribution >= 4 is 32.6 Å². The average molecular weight is 276 g/mol. The number of fused-ring (bicyclic) bond motifs is 1. The number of carbonyl (C=O) groups is 1. The van der Waals surface area contributed by atoms with Crippen LogP contribution in [0.5, 0.6) is 0 Å². The molecule has 1 aliphatic carbocycles. The number of hydrogen-bond acceptors (Lipinski definition) is 4. The van der Waals surface area contributed by atoms with Crippen LogP contribution in [0.2, 0.25) is 0 Å². The van der Waals surface area contributed by atoms with E-state index in [0.29, 0.717) is 5.13 Å². The second-order valence-corrected chi connectivity index (χ2v) is 5.78. The number of aromatic nitrogens is 1. The number of carbonyl (C=O) groups excluding carboxylic acids is 1. The number of ether oxygens (including phenoxy) is 1. The molecule has 1 aliphatic rings. The lowest BCUT2D eigenvalue weighted by Crippen LogP contribution is -2.21. The fourth-order valence-electron chi connectivity index (χ4n) is 2.33. The standard InChI is InChI=1S/C14H16N2O2S/c17-13(9-18-10-5-1-2-6-10)16-14-15-11-7-3-4-8-12(11)19-14/h3-4,7-8,10H,1-2,5-6,9H2,(H,15,16,17). The van der Waals surface area contributed by atoms with E-state index in [1.165, 1.54) is 24.2 Å². The van der Waals surface area contributed by atoms with Gasteiger partial charge in [-0.05, 0) is 25.0 Å². The SMILES string of the molecule is O=C(COC1CCCC1)Nc1nc2ccccc2s1. The van der Waals surface area contributed by atoms with E-state index < -0.39 is 0 Å². The molecule has 4 nitrogen and oxygen atoms in total. The Balaban J connectivity index is 1.56. The van der Waals surface area contributed by atoms with Gasteiger partial charge in [-0.1, -0.05) is 36.3 Å². The van der Waals surface area contributed by atoms with Crippen LogP contribution in [0.4, 0.5) is 5.13 Å². The van der Waals surface area contributed by atoms with E-state index in [0.717, 1.165) is 23.1 Å². The van der Waals surface area contributed by atoms with Crippen LogP contribution in [0.3, 0.4) is 0 Å². The van der Waals surface area contributed by atoms with Crippen molar-refractivity contribution in [3.05, 3.63) is 24.3 Å². The smallest absolute Gasteiger partial charge is 0.252 e. The Labute approximate surface area is 115 Å². The maximum absolute atomic E-state index is 11.8. The molecule has 2 aromatic rings. The summed E-state index contributed by atoms with van der Waals surface area (Å²) >= 11 is 1.49. The molecule has 0 radical (unpaired) electrons. The van der Waals surface area contributed by atoms with Gasteiger partial charge in [-0.25, -0.2) is 4.98 Å². The van der Waals surface area contributed by atoms with Gasteiger partial charge in [0, 0.05) is 0 Å². The molecular weight excluding hydrogens is 260 g/mol. The minimum atomic E-state index is -0.119. The van der Waals surface area contributed by atoms with Crippen molar-refractivity contribution in [1.29, 1.82) is 0 Å². The zero-order chi connectivity index (χ0) is 13.1. The van der Waals surface area contributed by atoms with Gasteiger partial charge in [-0.15, -0.1) is 0 Å². The number of nitrogens with zero attached hydrogens (tertiary/aromatic N) is 1. The number of para-hydroxylation sites is 1. The molecule has 100 valence electrons. The van der Waals surface area contributed by atoms with Crippen molar-refractivity contribution in [2.75, 3.05) is 11.9 Å². The van der Waals surface area contributed by atoms with Crippen LogP contribution in [-0.4, -0.2) is 23.6 Å². The van der Waals surface area contributed by atoms with Crippen LogP contribution in [-0.2, 0) is 9.53 Å². The van der Waals surface area contributed by atoms with E-state index in [9.17, 15) is 4.79 Å². The second-order valence-electron chi connectivity index (χ2n) is 4.75. The first-order valence-electron chi connectivity index (χ1n) is 6.58. The van der Waals surface area contributed by atoms with Crippen molar-refractivity contribution in [3.63, 3.8) is 0 Å². The summed E-state index contributed by atoms with van der Waals surface area (Å²) < 4.78 is 6.65. The van der Waals surface area contributed by atoms with Gasteiger partial charge in [0.25, 0.3) is 5.91 Å². The fraction of sp³-hybridized carbons (Fsp3) is 0.429. The van der Waals surface area contributed by atoms with Gasteiger partial charge >= 0.3 is 0 Å². The highest BCUT2D eigenvalue weighted by atomic mass is 32.1. The molecule has 1 amide bonds. The number of amides is 1. The van der Waals surface area contributed by atoms with Gasteiger partial charge in [0.2, 0.25) is 0 Å². The van der Waals surface area contributed by atoms with Crippen molar-refractivity contribution in [2.45, 2.75) is 31.8 Å². The van der Waals surface area contributed by atoms with Crippen LogP contribution in [0.15, 0.2) is 24.3 Å². The zero-order valence-electron chi connectivity index (χ0n) is 10.6. The molecule has 1 fully saturated rings. The lowest BCUT2D eigenvalue weighted by Gasteiger charge is -2.09. The fourth-order valence-corrected chi connectivity index (χ4v) is 3.21. The maximum Gasteiger partial charge on any atom is 0.252 e. The van der Waals surface area contributed by atoms with Crippen LogP contribution in [0, 0.1) is 0 Å². The molecule has 0 unspecified atom stereocenters. The van der Waals surface area contributed by atoms with Crippen LogP contribution in [0.25, 0.3) is 10.2 Å². The lowest BCUT2D eigenvalue weighted by molar-refractivity contribution is -0.122. The monoisotopic (exact) mass is 276 g/mol. The second kappa shape index (κ2) is 5.67. The molecule has 1 aromatic carbocycles. The predicted molar refractivity (Wildman–Crippen MR) is 76.5 cm³/mol. The first-order chi connectivity index (χ1) is 9.31. The summed E-state index contributed by atoms with van der Waals surface area (Å²) in [5.74, 6) is -0.119. The Hall–Kier alpha value is -1.46. The van der Waals surface area contributed by atoms with Crippen molar-refractivity contribution in [1.82, 2.24) is 4.98 Å². The third kappa shape index (κ3) is 3.11. The molecule has 0 atom stereocenters. The summed E-state index contributed by atoms with van der Waals surface area (Å²) in [6.45, 7) is 0.126. The highest BCUT2D eigenvalue weighted by Gasteiger charge is 2.17. The van der Waals surface area contributed by atoms with Gasteiger partial charge in [0.05, 0.1) is 16.3 Å². The summed E-state index contributed by atoms with van der Waals surface area (Å²) in [4.78, 5) is 16.1. The highest BCUT2D eigenvalue weighted by molar-refractivity contribution is 7.22. The quantitative estimate of drug-likeness (QED) is 0.933. The molecule has 1 saturated carbocycles. The number of nitrogens with one attached hydrogen (secondary N) is 1.